The third kappa shape index (κ3) is 2.66. The summed E-state index contributed by atoms with van der Waals surface area (Å²) >= 11 is 0. The molecular weight excluding hydrogens is 224 g/mol. The first-order valence-electron chi connectivity index (χ1n) is 5.74. The normalized spacial score (nSPS) is 10.7. The number of aromatic hydroxyl groups is 1. The van der Waals surface area contributed by atoms with E-state index in [-0.39, 0.29) is 11.5 Å². The fourth-order valence-corrected chi connectivity index (χ4v) is 1.79. The zero-order valence-electron chi connectivity index (χ0n) is 10.1. The van der Waals surface area contributed by atoms with Crippen molar-refractivity contribution in [2.24, 2.45) is 0 Å². The van der Waals surface area contributed by atoms with Gasteiger partial charge in [-0.1, -0.05) is 48.5 Å². The molecule has 0 unspecified atom stereocenters. The molecule has 2 aromatic carbocycles. The number of carbonyl (C=O) groups is 1. The number of carbonyl (C=O) groups excluding carboxylic acids is 1. The molecule has 0 saturated carbocycles. The zero-order valence-corrected chi connectivity index (χ0v) is 10.1. The first-order chi connectivity index (χ1) is 8.68. The van der Waals surface area contributed by atoms with Crippen LogP contribution in [0.25, 0.3) is 6.08 Å². The van der Waals surface area contributed by atoms with E-state index in [9.17, 15) is 9.90 Å². The maximum absolute atomic E-state index is 12.0. The van der Waals surface area contributed by atoms with Crippen molar-refractivity contribution >= 4 is 11.9 Å². The first kappa shape index (κ1) is 12.1. The molecule has 90 valence electrons. The van der Waals surface area contributed by atoms with Gasteiger partial charge in [-0.25, -0.2) is 0 Å². The highest BCUT2D eigenvalue weighted by Gasteiger charge is 2.10. The molecule has 0 aliphatic carbocycles. The molecule has 0 spiro atoms. The number of phenols is 1. The van der Waals surface area contributed by atoms with Crippen molar-refractivity contribution in [3.63, 3.8) is 0 Å². The Balaban J connectivity index is 2.26. The van der Waals surface area contributed by atoms with E-state index in [1.807, 2.05) is 43.3 Å². The minimum absolute atomic E-state index is 0.0257. The van der Waals surface area contributed by atoms with Gasteiger partial charge >= 0.3 is 0 Å². The maximum Gasteiger partial charge on any atom is 0.189 e. The van der Waals surface area contributed by atoms with E-state index in [1.165, 1.54) is 12.1 Å². The lowest BCUT2D eigenvalue weighted by Gasteiger charge is -2.03. The Kier molecular flexibility index (Phi) is 3.58. The van der Waals surface area contributed by atoms with Gasteiger partial charge < -0.3 is 5.11 Å². The molecule has 0 heterocycles. The van der Waals surface area contributed by atoms with Gasteiger partial charge in [-0.3, -0.25) is 4.79 Å². The molecule has 1 N–H and O–H groups in total. The smallest absolute Gasteiger partial charge is 0.189 e. The molecule has 2 heteroatoms. The van der Waals surface area contributed by atoms with Gasteiger partial charge in [0.2, 0.25) is 0 Å². The molecule has 0 radical (unpaired) electrons. The van der Waals surface area contributed by atoms with Gasteiger partial charge in [0.1, 0.15) is 5.75 Å². The van der Waals surface area contributed by atoms with Crippen LogP contribution in [0.5, 0.6) is 5.75 Å². The third-order valence-corrected chi connectivity index (χ3v) is 2.72. The summed E-state index contributed by atoms with van der Waals surface area (Å²) in [5.41, 5.74) is 2.10. The summed E-state index contributed by atoms with van der Waals surface area (Å²) in [6, 6.07) is 14.6. The van der Waals surface area contributed by atoms with Crippen molar-refractivity contribution in [3.8, 4) is 5.75 Å². The van der Waals surface area contributed by atoms with Crippen LogP contribution in [0, 0.1) is 6.92 Å². The lowest BCUT2D eigenvalue weighted by Crippen LogP contribution is -1.98. The zero-order chi connectivity index (χ0) is 13.0. The molecule has 0 aliphatic rings. The summed E-state index contributed by atoms with van der Waals surface area (Å²) < 4.78 is 0. The Bertz CT molecular complexity index is 563. The number of benzene rings is 2. The number of rotatable bonds is 3. The molecule has 2 rings (SSSR count). The van der Waals surface area contributed by atoms with Crippen LogP contribution in [0.3, 0.4) is 0 Å². The van der Waals surface area contributed by atoms with Gasteiger partial charge in [-0.05, 0) is 30.2 Å². The predicted molar refractivity (Wildman–Crippen MR) is 72.7 cm³/mol. The van der Waals surface area contributed by atoms with Gasteiger partial charge in [0.05, 0.1) is 5.56 Å². The highest BCUT2D eigenvalue weighted by Crippen LogP contribution is 2.21. The lowest BCUT2D eigenvalue weighted by atomic mass is 10.0. The molecule has 0 aromatic heterocycles. The van der Waals surface area contributed by atoms with Gasteiger partial charge in [-0.15, -0.1) is 0 Å². The van der Waals surface area contributed by atoms with Gasteiger partial charge in [-0.2, -0.15) is 0 Å². The molecule has 0 atom stereocenters. The molecule has 0 amide bonds. The number of allylic oxidation sites excluding steroid dienone is 1. The van der Waals surface area contributed by atoms with Crippen molar-refractivity contribution in [1.82, 2.24) is 0 Å². The minimum Gasteiger partial charge on any atom is -0.507 e. The molecule has 2 nitrogen and oxygen atoms in total. The van der Waals surface area contributed by atoms with Crippen molar-refractivity contribution in [2.45, 2.75) is 6.92 Å². The average Bonchev–Trinajstić information content (AvgIpc) is 2.37. The molecule has 0 saturated heterocycles. The largest absolute Gasteiger partial charge is 0.507 e. The van der Waals surface area contributed by atoms with Gasteiger partial charge in [0, 0.05) is 0 Å². The van der Waals surface area contributed by atoms with E-state index in [4.69, 9.17) is 0 Å². The quantitative estimate of drug-likeness (QED) is 0.655. The van der Waals surface area contributed by atoms with E-state index in [0.717, 1.165) is 11.1 Å². The van der Waals surface area contributed by atoms with Crippen molar-refractivity contribution in [1.29, 1.82) is 0 Å². The molecule has 0 aliphatic heterocycles. The van der Waals surface area contributed by atoms with E-state index in [0.29, 0.717) is 5.56 Å². The van der Waals surface area contributed by atoms with Crippen LogP contribution >= 0.6 is 0 Å². The third-order valence-electron chi connectivity index (χ3n) is 2.72. The van der Waals surface area contributed by atoms with Crippen LogP contribution in [0.2, 0.25) is 0 Å². The van der Waals surface area contributed by atoms with Crippen LogP contribution in [0.1, 0.15) is 21.5 Å². The van der Waals surface area contributed by atoms with Crippen molar-refractivity contribution in [3.05, 3.63) is 71.3 Å². The molecule has 18 heavy (non-hydrogen) atoms. The summed E-state index contributed by atoms with van der Waals surface area (Å²) in [7, 11) is 0. The average molecular weight is 238 g/mol. The highest BCUT2D eigenvalue weighted by atomic mass is 16.3. The topological polar surface area (TPSA) is 37.3 Å². The van der Waals surface area contributed by atoms with Crippen molar-refractivity contribution in [2.75, 3.05) is 0 Å². The number of aryl methyl sites for hydroxylation is 1. The summed E-state index contributed by atoms with van der Waals surface area (Å²) in [5, 5.41) is 9.70. The Labute approximate surface area is 106 Å². The fourth-order valence-electron chi connectivity index (χ4n) is 1.79. The highest BCUT2D eigenvalue weighted by molar-refractivity contribution is 6.09. The number of hydrogen-bond acceptors (Lipinski definition) is 2. The fraction of sp³-hybridized carbons (Fsp3) is 0.0625. The second-order valence-corrected chi connectivity index (χ2v) is 4.08. The first-order valence-corrected chi connectivity index (χ1v) is 5.74. The maximum atomic E-state index is 12.0. The second kappa shape index (κ2) is 5.32. The van der Waals surface area contributed by atoms with E-state index >= 15 is 0 Å². The molecule has 0 fully saturated rings. The number of ketones is 1. The van der Waals surface area contributed by atoms with Crippen LogP contribution < -0.4 is 0 Å². The minimum atomic E-state index is -0.186. The van der Waals surface area contributed by atoms with Gasteiger partial charge in [0.25, 0.3) is 0 Å². The SMILES string of the molecule is Cc1cccc(O)c1C(=O)/C=C/c1ccccc1. The molecular formula is C16H14O2. The Hall–Kier alpha value is -2.35. The molecule has 2 aromatic rings. The second-order valence-electron chi connectivity index (χ2n) is 4.08. The van der Waals surface area contributed by atoms with Crippen LogP contribution in [-0.2, 0) is 0 Å². The van der Waals surface area contributed by atoms with Crippen LogP contribution in [0.4, 0.5) is 0 Å². The van der Waals surface area contributed by atoms with E-state index in [1.54, 1.807) is 12.1 Å². The monoisotopic (exact) mass is 238 g/mol. The lowest BCUT2D eigenvalue weighted by molar-refractivity contribution is 0.104. The van der Waals surface area contributed by atoms with Gasteiger partial charge in [0.15, 0.2) is 5.78 Å². The number of hydrogen-bond donors (Lipinski definition) is 1. The molecule has 0 bridgehead atoms. The summed E-state index contributed by atoms with van der Waals surface area (Å²) in [4.78, 5) is 12.0. The summed E-state index contributed by atoms with van der Waals surface area (Å²) in [6.45, 7) is 1.81. The van der Waals surface area contributed by atoms with E-state index in [2.05, 4.69) is 0 Å². The van der Waals surface area contributed by atoms with E-state index < -0.39 is 0 Å². The Morgan fingerprint density at radius 3 is 2.44 bits per heavy atom. The summed E-state index contributed by atoms with van der Waals surface area (Å²) in [5.74, 6) is -0.160. The van der Waals surface area contributed by atoms with Crippen molar-refractivity contribution < 1.29 is 9.90 Å². The van der Waals surface area contributed by atoms with Crippen LogP contribution in [0.15, 0.2) is 54.6 Å². The van der Waals surface area contributed by atoms with Crippen LogP contribution in [-0.4, -0.2) is 10.9 Å². The number of phenolic OH excluding ortho intramolecular Hbond substituents is 1. The Morgan fingerprint density at radius 1 is 1.06 bits per heavy atom. The predicted octanol–water partition coefficient (Wildman–Crippen LogP) is 3.60. The summed E-state index contributed by atoms with van der Waals surface area (Å²) in [6.07, 6.45) is 3.23. The standard InChI is InChI=1S/C16H14O2/c1-12-6-5-9-14(17)16(12)15(18)11-10-13-7-3-2-4-8-13/h2-11,17H,1H3/b11-10+. The Morgan fingerprint density at radius 2 is 1.78 bits per heavy atom.